The maximum atomic E-state index is 4.54. The van der Waals surface area contributed by atoms with Crippen molar-refractivity contribution in [2.75, 3.05) is 12.3 Å². The third-order valence-corrected chi connectivity index (χ3v) is 5.46. The van der Waals surface area contributed by atoms with Gasteiger partial charge in [0.1, 0.15) is 5.82 Å². The lowest BCUT2D eigenvalue weighted by molar-refractivity contribution is 0.232. The zero-order valence-electron chi connectivity index (χ0n) is 12.1. The van der Waals surface area contributed by atoms with E-state index in [1.54, 1.807) is 0 Å². The van der Waals surface area contributed by atoms with Crippen LogP contribution in [0, 0.1) is 5.41 Å². The standard InChI is InChI=1S/C14H24N4S/c1-14(2,3)11-13-17-16-12(18(13)8-7-15-11)10-6-4-5-9-19-10/h10-11,15H,4-9H2,1-3H3. The van der Waals surface area contributed by atoms with Gasteiger partial charge in [-0.05, 0) is 24.0 Å². The fourth-order valence-corrected chi connectivity index (χ4v) is 4.37. The van der Waals surface area contributed by atoms with Crippen molar-refractivity contribution in [2.45, 2.75) is 57.9 Å². The Morgan fingerprint density at radius 3 is 2.68 bits per heavy atom. The van der Waals surface area contributed by atoms with Gasteiger partial charge in [-0.1, -0.05) is 27.2 Å². The quantitative estimate of drug-likeness (QED) is 0.859. The summed E-state index contributed by atoms with van der Waals surface area (Å²) in [6, 6.07) is 0.316. The highest BCUT2D eigenvalue weighted by atomic mass is 32.2. The predicted octanol–water partition coefficient (Wildman–Crippen LogP) is 2.93. The van der Waals surface area contributed by atoms with Crippen LogP contribution in [-0.2, 0) is 6.54 Å². The molecule has 0 saturated carbocycles. The molecule has 1 saturated heterocycles. The molecule has 0 aromatic carbocycles. The van der Waals surface area contributed by atoms with Crippen LogP contribution in [0.25, 0.3) is 0 Å². The SMILES string of the molecule is CC(C)(C)C1NCCn2c(C3CCCCS3)nnc21. The average molecular weight is 280 g/mol. The molecule has 3 heterocycles. The maximum absolute atomic E-state index is 4.54. The Kier molecular flexibility index (Phi) is 3.60. The number of nitrogens with zero attached hydrogens (tertiary/aromatic N) is 3. The van der Waals surface area contributed by atoms with Crippen LogP contribution in [-0.4, -0.2) is 27.1 Å². The second kappa shape index (κ2) is 5.09. The van der Waals surface area contributed by atoms with Crippen LogP contribution in [0.3, 0.4) is 0 Å². The Morgan fingerprint density at radius 1 is 1.21 bits per heavy atom. The molecule has 0 aliphatic carbocycles. The molecule has 2 unspecified atom stereocenters. The first-order chi connectivity index (χ1) is 9.07. The number of rotatable bonds is 1. The Bertz CT molecular complexity index is 443. The molecule has 1 aromatic heterocycles. The maximum Gasteiger partial charge on any atom is 0.150 e. The summed E-state index contributed by atoms with van der Waals surface area (Å²) in [4.78, 5) is 0. The molecule has 0 spiro atoms. The number of fused-ring (bicyclic) bond motifs is 1. The van der Waals surface area contributed by atoms with E-state index in [9.17, 15) is 0 Å². The summed E-state index contributed by atoms with van der Waals surface area (Å²) in [6.07, 6.45) is 3.95. The van der Waals surface area contributed by atoms with E-state index in [1.165, 1.54) is 30.8 Å². The molecule has 3 rings (SSSR count). The zero-order valence-corrected chi connectivity index (χ0v) is 13.0. The molecule has 106 valence electrons. The fourth-order valence-electron chi connectivity index (χ4n) is 3.06. The van der Waals surface area contributed by atoms with E-state index in [4.69, 9.17) is 0 Å². The Hall–Kier alpha value is -0.550. The van der Waals surface area contributed by atoms with Crippen molar-refractivity contribution < 1.29 is 0 Å². The Morgan fingerprint density at radius 2 is 2.00 bits per heavy atom. The van der Waals surface area contributed by atoms with E-state index in [-0.39, 0.29) is 5.41 Å². The molecule has 1 fully saturated rings. The van der Waals surface area contributed by atoms with Gasteiger partial charge in [0.05, 0.1) is 11.3 Å². The summed E-state index contributed by atoms with van der Waals surface area (Å²) in [5, 5.41) is 13.2. The summed E-state index contributed by atoms with van der Waals surface area (Å²) in [7, 11) is 0. The first-order valence-electron chi connectivity index (χ1n) is 7.35. The molecule has 2 atom stereocenters. The van der Waals surface area contributed by atoms with Gasteiger partial charge in [-0.25, -0.2) is 0 Å². The molecule has 2 aliphatic rings. The van der Waals surface area contributed by atoms with Gasteiger partial charge in [0.2, 0.25) is 0 Å². The van der Waals surface area contributed by atoms with Gasteiger partial charge in [0.15, 0.2) is 5.82 Å². The van der Waals surface area contributed by atoms with Crippen molar-refractivity contribution in [1.82, 2.24) is 20.1 Å². The minimum atomic E-state index is 0.183. The lowest BCUT2D eigenvalue weighted by atomic mass is 9.85. The van der Waals surface area contributed by atoms with Crippen LogP contribution in [0.5, 0.6) is 0 Å². The van der Waals surface area contributed by atoms with Gasteiger partial charge >= 0.3 is 0 Å². The van der Waals surface area contributed by atoms with Crippen LogP contribution < -0.4 is 5.32 Å². The van der Waals surface area contributed by atoms with Crippen LogP contribution >= 0.6 is 11.8 Å². The molecule has 0 amide bonds. The molecule has 1 aromatic rings. The van der Waals surface area contributed by atoms with Crippen LogP contribution in [0.2, 0.25) is 0 Å². The number of aromatic nitrogens is 3. The third-order valence-electron chi connectivity index (χ3n) is 4.08. The number of thioether (sulfide) groups is 1. The van der Waals surface area contributed by atoms with Gasteiger partial charge in [-0.15, -0.1) is 10.2 Å². The summed E-state index contributed by atoms with van der Waals surface area (Å²) in [5.41, 5.74) is 0.183. The molecule has 0 radical (unpaired) electrons. The number of nitrogens with one attached hydrogen (secondary N) is 1. The van der Waals surface area contributed by atoms with E-state index in [0.717, 1.165) is 18.9 Å². The molecule has 1 N–H and O–H groups in total. The molecule has 5 heteroatoms. The van der Waals surface area contributed by atoms with E-state index in [1.807, 2.05) is 0 Å². The molecule has 4 nitrogen and oxygen atoms in total. The fraction of sp³-hybridized carbons (Fsp3) is 0.857. The van der Waals surface area contributed by atoms with E-state index < -0.39 is 0 Å². The monoisotopic (exact) mass is 280 g/mol. The highest BCUT2D eigenvalue weighted by Gasteiger charge is 2.35. The van der Waals surface area contributed by atoms with Gasteiger partial charge < -0.3 is 9.88 Å². The molecular weight excluding hydrogens is 256 g/mol. The first-order valence-corrected chi connectivity index (χ1v) is 8.40. The highest BCUT2D eigenvalue weighted by molar-refractivity contribution is 7.99. The Balaban J connectivity index is 1.91. The predicted molar refractivity (Wildman–Crippen MR) is 79.3 cm³/mol. The van der Waals surface area contributed by atoms with Crippen molar-refractivity contribution in [3.63, 3.8) is 0 Å². The molecular formula is C14H24N4S. The number of hydrogen-bond acceptors (Lipinski definition) is 4. The van der Waals surface area contributed by atoms with Crippen molar-refractivity contribution in [3.8, 4) is 0 Å². The minimum Gasteiger partial charge on any atom is -0.311 e. The summed E-state index contributed by atoms with van der Waals surface area (Å²) >= 11 is 2.06. The molecule has 0 bridgehead atoms. The first kappa shape index (κ1) is 13.4. The summed E-state index contributed by atoms with van der Waals surface area (Å²) in [5.74, 6) is 3.63. The smallest absolute Gasteiger partial charge is 0.150 e. The minimum absolute atomic E-state index is 0.183. The normalized spacial score (nSPS) is 28.2. The average Bonchev–Trinajstić information content (AvgIpc) is 2.82. The molecule has 19 heavy (non-hydrogen) atoms. The van der Waals surface area contributed by atoms with E-state index in [2.05, 4.69) is 52.6 Å². The van der Waals surface area contributed by atoms with Crippen molar-refractivity contribution in [1.29, 1.82) is 0 Å². The lowest BCUT2D eigenvalue weighted by Crippen LogP contribution is -2.41. The second-order valence-corrected chi connectivity index (χ2v) is 7.99. The van der Waals surface area contributed by atoms with Crippen molar-refractivity contribution >= 4 is 11.8 Å². The van der Waals surface area contributed by atoms with Crippen LogP contribution in [0.4, 0.5) is 0 Å². The Labute approximate surface area is 119 Å². The van der Waals surface area contributed by atoms with Crippen molar-refractivity contribution in [2.24, 2.45) is 5.41 Å². The molecule has 2 aliphatic heterocycles. The zero-order chi connectivity index (χ0) is 13.5. The van der Waals surface area contributed by atoms with Gasteiger partial charge in [0.25, 0.3) is 0 Å². The summed E-state index contributed by atoms with van der Waals surface area (Å²) in [6.45, 7) is 8.84. The van der Waals surface area contributed by atoms with Gasteiger partial charge in [-0.2, -0.15) is 11.8 Å². The largest absolute Gasteiger partial charge is 0.311 e. The van der Waals surface area contributed by atoms with Gasteiger partial charge in [0, 0.05) is 13.1 Å². The van der Waals surface area contributed by atoms with E-state index in [0.29, 0.717) is 11.3 Å². The third kappa shape index (κ3) is 2.55. The van der Waals surface area contributed by atoms with E-state index >= 15 is 0 Å². The summed E-state index contributed by atoms with van der Waals surface area (Å²) < 4.78 is 2.38. The van der Waals surface area contributed by atoms with Gasteiger partial charge in [-0.3, -0.25) is 0 Å². The lowest BCUT2D eigenvalue weighted by Gasteiger charge is -2.35. The topological polar surface area (TPSA) is 42.7 Å². The van der Waals surface area contributed by atoms with Crippen LogP contribution in [0.15, 0.2) is 0 Å². The number of hydrogen-bond donors (Lipinski definition) is 1. The van der Waals surface area contributed by atoms with Crippen LogP contribution in [0.1, 0.15) is 63.0 Å². The van der Waals surface area contributed by atoms with Crippen molar-refractivity contribution in [3.05, 3.63) is 11.6 Å². The second-order valence-electron chi connectivity index (χ2n) is 6.68. The highest BCUT2D eigenvalue weighted by Crippen LogP contribution is 2.40.